The Morgan fingerprint density at radius 3 is 1.33 bits per heavy atom. The SMILES string of the molecule is CC/C=C\CC/C(=C\CC)CCCN.CC/C=C\CC/C(=C\CC)CCCN([Si](C)(C)C)[Si](C)(C)C. The third kappa shape index (κ3) is 22.5. The first-order valence-electron chi connectivity index (χ1n) is 15.1. The maximum Gasteiger partial charge on any atom is 0.112 e. The summed E-state index contributed by atoms with van der Waals surface area (Å²) in [6.45, 7) is 26.0. The normalized spacial score (nSPS) is 13.7. The summed E-state index contributed by atoms with van der Waals surface area (Å²) in [6, 6.07) is 0. The molecule has 0 unspecified atom stereocenters. The Labute approximate surface area is 230 Å². The number of nitrogens with two attached hydrogens (primary N) is 1. The van der Waals surface area contributed by atoms with Gasteiger partial charge in [0.15, 0.2) is 0 Å². The van der Waals surface area contributed by atoms with Crippen molar-refractivity contribution in [1.29, 1.82) is 0 Å². The van der Waals surface area contributed by atoms with Crippen LogP contribution in [0.1, 0.15) is 105 Å². The summed E-state index contributed by atoms with van der Waals surface area (Å²) in [5.74, 6) is 0. The molecule has 0 spiro atoms. The average Bonchev–Trinajstić information content (AvgIpc) is 2.79. The van der Waals surface area contributed by atoms with Crippen LogP contribution in [0, 0.1) is 0 Å². The van der Waals surface area contributed by atoms with Gasteiger partial charge in [-0.2, -0.15) is 0 Å². The zero-order chi connectivity index (χ0) is 27.9. The van der Waals surface area contributed by atoms with Gasteiger partial charge < -0.3 is 9.96 Å². The molecular formula is C32H66N2Si2. The first-order chi connectivity index (χ1) is 17.0. The van der Waals surface area contributed by atoms with Crippen LogP contribution in [0.25, 0.3) is 0 Å². The topological polar surface area (TPSA) is 29.3 Å². The van der Waals surface area contributed by atoms with E-state index in [1.54, 1.807) is 11.1 Å². The fourth-order valence-electron chi connectivity index (χ4n) is 4.81. The fraction of sp³-hybridized carbons (Fsp3) is 0.750. The molecule has 0 fully saturated rings. The molecule has 2 N–H and O–H groups in total. The van der Waals surface area contributed by atoms with Gasteiger partial charge in [0.25, 0.3) is 0 Å². The molecule has 0 amide bonds. The molecule has 0 aromatic carbocycles. The molecular weight excluding hydrogens is 469 g/mol. The second-order valence-electron chi connectivity index (χ2n) is 11.9. The number of hydrogen-bond donors (Lipinski definition) is 1. The molecule has 0 bridgehead atoms. The first kappa shape index (κ1) is 37.5. The van der Waals surface area contributed by atoms with Gasteiger partial charge >= 0.3 is 0 Å². The van der Waals surface area contributed by atoms with Gasteiger partial charge in [-0.3, -0.25) is 0 Å². The van der Waals surface area contributed by atoms with Crippen LogP contribution in [-0.2, 0) is 0 Å². The summed E-state index contributed by atoms with van der Waals surface area (Å²) in [7, 11) is -2.37. The zero-order valence-electron chi connectivity index (χ0n) is 26.4. The van der Waals surface area contributed by atoms with E-state index in [2.05, 4.69) is 108 Å². The Bertz CT molecular complexity index is 605. The summed E-state index contributed by atoms with van der Waals surface area (Å²) >= 11 is 0. The van der Waals surface area contributed by atoms with Crippen molar-refractivity contribution in [2.45, 2.75) is 144 Å². The van der Waals surface area contributed by atoms with Gasteiger partial charge in [0.1, 0.15) is 16.5 Å². The molecule has 2 nitrogen and oxygen atoms in total. The van der Waals surface area contributed by atoms with Gasteiger partial charge in [-0.25, -0.2) is 0 Å². The van der Waals surface area contributed by atoms with Crippen LogP contribution in [0.5, 0.6) is 0 Å². The second kappa shape index (κ2) is 23.4. The Morgan fingerprint density at radius 1 is 0.583 bits per heavy atom. The molecule has 0 heterocycles. The number of nitrogens with zero attached hydrogens (tertiary/aromatic N) is 1. The Kier molecular flexibility index (Phi) is 24.4. The van der Waals surface area contributed by atoms with Gasteiger partial charge in [0, 0.05) is 0 Å². The summed E-state index contributed by atoms with van der Waals surface area (Å²) in [4.78, 5) is 0. The highest BCUT2D eigenvalue weighted by atomic mass is 28.4. The summed E-state index contributed by atoms with van der Waals surface area (Å²) in [6.07, 6.45) is 28.4. The largest absolute Gasteiger partial charge is 0.346 e. The maximum atomic E-state index is 5.51. The minimum Gasteiger partial charge on any atom is -0.346 e. The minimum atomic E-state index is -1.18. The monoisotopic (exact) mass is 534 g/mol. The molecule has 0 rings (SSSR count). The molecule has 0 aliphatic heterocycles. The standard InChI is InChI=1S/C19H41NSi2.C13H25N/c1-9-11-12-13-16-19(15-10-2)17-14-18-20(21(3,4)5)22(6,7)8;1-3-5-6-7-10-13(9-4-2)11-8-12-14/h11-12,15H,9-10,13-14,16-18H2,1-8H3;5-6,9H,3-4,7-8,10-12,14H2,1-2H3/b12-11-,19-15+;6-5-,13-9+. The fourth-order valence-corrected chi connectivity index (χ4v) is 14.5. The minimum absolute atomic E-state index is 0.811. The molecule has 4 heteroatoms. The summed E-state index contributed by atoms with van der Waals surface area (Å²) in [5.41, 5.74) is 8.77. The van der Waals surface area contributed by atoms with E-state index in [1.165, 1.54) is 57.9 Å². The van der Waals surface area contributed by atoms with E-state index in [4.69, 9.17) is 5.73 Å². The van der Waals surface area contributed by atoms with Crippen LogP contribution in [0.15, 0.2) is 47.6 Å². The molecule has 0 aliphatic carbocycles. The van der Waals surface area contributed by atoms with Crippen LogP contribution < -0.4 is 5.73 Å². The number of allylic oxidation sites excluding steroid dienone is 8. The van der Waals surface area contributed by atoms with Gasteiger partial charge in [0.2, 0.25) is 0 Å². The van der Waals surface area contributed by atoms with Crippen molar-refractivity contribution in [3.05, 3.63) is 47.6 Å². The van der Waals surface area contributed by atoms with E-state index in [1.807, 2.05) is 0 Å². The van der Waals surface area contributed by atoms with Gasteiger partial charge in [-0.15, -0.1) is 0 Å². The molecule has 0 saturated heterocycles. The predicted molar refractivity (Wildman–Crippen MR) is 175 cm³/mol. The Balaban J connectivity index is 0. The van der Waals surface area contributed by atoms with Crippen molar-refractivity contribution in [1.82, 2.24) is 4.23 Å². The van der Waals surface area contributed by atoms with Crippen molar-refractivity contribution in [3.8, 4) is 0 Å². The lowest BCUT2D eigenvalue weighted by molar-refractivity contribution is 0.575. The smallest absolute Gasteiger partial charge is 0.112 e. The van der Waals surface area contributed by atoms with E-state index in [0.29, 0.717) is 0 Å². The average molecular weight is 535 g/mol. The van der Waals surface area contributed by atoms with Crippen molar-refractivity contribution >= 4 is 16.5 Å². The lowest BCUT2D eigenvalue weighted by Gasteiger charge is -2.43. The first-order valence-corrected chi connectivity index (χ1v) is 22.0. The molecule has 0 aromatic rings. The van der Waals surface area contributed by atoms with Crippen LogP contribution in [-0.4, -0.2) is 33.8 Å². The number of hydrogen-bond acceptors (Lipinski definition) is 2. The highest BCUT2D eigenvalue weighted by Gasteiger charge is 2.33. The summed E-state index contributed by atoms with van der Waals surface area (Å²) in [5, 5.41) is 0. The Morgan fingerprint density at radius 2 is 1.00 bits per heavy atom. The quantitative estimate of drug-likeness (QED) is 0.132. The van der Waals surface area contributed by atoms with Crippen LogP contribution in [0.3, 0.4) is 0 Å². The van der Waals surface area contributed by atoms with Crippen LogP contribution in [0.2, 0.25) is 39.3 Å². The maximum absolute atomic E-state index is 5.51. The van der Waals surface area contributed by atoms with E-state index in [-0.39, 0.29) is 0 Å². The molecule has 36 heavy (non-hydrogen) atoms. The van der Waals surface area contributed by atoms with Crippen molar-refractivity contribution in [3.63, 3.8) is 0 Å². The third-order valence-corrected chi connectivity index (χ3v) is 14.0. The predicted octanol–water partition coefficient (Wildman–Crippen LogP) is 10.6. The van der Waals surface area contributed by atoms with Crippen molar-refractivity contribution < 1.29 is 0 Å². The van der Waals surface area contributed by atoms with Gasteiger partial charge in [0.05, 0.1) is 0 Å². The highest BCUT2D eigenvalue weighted by molar-refractivity contribution is 6.89. The van der Waals surface area contributed by atoms with E-state index >= 15 is 0 Å². The third-order valence-electron chi connectivity index (χ3n) is 6.26. The van der Waals surface area contributed by atoms with E-state index in [9.17, 15) is 0 Å². The van der Waals surface area contributed by atoms with Crippen LogP contribution >= 0.6 is 0 Å². The summed E-state index contributed by atoms with van der Waals surface area (Å²) < 4.78 is 2.92. The highest BCUT2D eigenvalue weighted by Crippen LogP contribution is 2.22. The Hall–Kier alpha value is -0.686. The lowest BCUT2D eigenvalue weighted by atomic mass is 10.0. The van der Waals surface area contributed by atoms with Gasteiger partial charge in [-0.1, -0.05) is 115 Å². The van der Waals surface area contributed by atoms with Crippen LogP contribution in [0.4, 0.5) is 0 Å². The van der Waals surface area contributed by atoms with E-state index < -0.39 is 16.5 Å². The molecule has 0 radical (unpaired) electrons. The number of rotatable bonds is 19. The molecule has 0 aromatic heterocycles. The van der Waals surface area contributed by atoms with Crippen molar-refractivity contribution in [2.75, 3.05) is 13.1 Å². The zero-order valence-corrected chi connectivity index (χ0v) is 28.4. The molecule has 0 saturated carbocycles. The van der Waals surface area contributed by atoms with Gasteiger partial charge in [-0.05, 0) is 90.1 Å². The molecule has 0 atom stereocenters. The molecule has 0 aliphatic rings. The molecule has 212 valence electrons. The second-order valence-corrected chi connectivity index (χ2v) is 22.1. The van der Waals surface area contributed by atoms with E-state index in [0.717, 1.165) is 32.2 Å². The van der Waals surface area contributed by atoms with Crippen molar-refractivity contribution in [2.24, 2.45) is 5.73 Å². The lowest BCUT2D eigenvalue weighted by Crippen LogP contribution is -2.59.